The minimum atomic E-state index is -0.533. The second-order valence-electron chi connectivity index (χ2n) is 7.63. The Morgan fingerprint density at radius 2 is 1.11 bits per heavy atom. The van der Waals surface area contributed by atoms with Crippen molar-refractivity contribution in [2.75, 3.05) is 33.0 Å². The van der Waals surface area contributed by atoms with Crippen molar-refractivity contribution in [2.45, 2.75) is 109 Å². The first-order valence-corrected chi connectivity index (χ1v) is 11.5. The van der Waals surface area contributed by atoms with Crippen LogP contribution in [0.15, 0.2) is 0 Å². The molecule has 164 valence electrons. The third kappa shape index (κ3) is 9.58. The molecule has 5 atom stereocenters. The SMILES string of the molecule is [B]C1OC(COCCCC)C(OCCCC)C(OCCCC)C1OCCCC. The summed E-state index contributed by atoms with van der Waals surface area (Å²) in [4.78, 5) is 0. The van der Waals surface area contributed by atoms with Crippen LogP contribution in [0, 0.1) is 0 Å². The molecule has 0 saturated carbocycles. The first-order valence-electron chi connectivity index (χ1n) is 11.5. The molecule has 6 heteroatoms. The number of hydrogen-bond donors (Lipinski definition) is 0. The fourth-order valence-electron chi connectivity index (χ4n) is 3.19. The van der Waals surface area contributed by atoms with Gasteiger partial charge < -0.3 is 23.7 Å². The predicted molar refractivity (Wildman–Crippen MR) is 114 cm³/mol. The van der Waals surface area contributed by atoms with Gasteiger partial charge in [0.1, 0.15) is 32.3 Å². The van der Waals surface area contributed by atoms with Gasteiger partial charge in [0.15, 0.2) is 0 Å². The van der Waals surface area contributed by atoms with Crippen molar-refractivity contribution in [3.05, 3.63) is 0 Å². The van der Waals surface area contributed by atoms with Crippen molar-refractivity contribution in [3.8, 4) is 0 Å². The quantitative estimate of drug-likeness (QED) is 0.271. The second-order valence-corrected chi connectivity index (χ2v) is 7.63. The number of rotatable bonds is 17. The third-order valence-corrected chi connectivity index (χ3v) is 5.02. The van der Waals surface area contributed by atoms with Gasteiger partial charge in [0, 0.05) is 32.4 Å². The monoisotopic (exact) mass is 398 g/mol. The van der Waals surface area contributed by atoms with E-state index in [-0.39, 0.29) is 24.4 Å². The summed E-state index contributed by atoms with van der Waals surface area (Å²) < 4.78 is 30.6. The lowest BCUT2D eigenvalue weighted by Crippen LogP contribution is -2.61. The van der Waals surface area contributed by atoms with E-state index in [1.165, 1.54) is 0 Å². The lowest BCUT2D eigenvalue weighted by atomic mass is 9.84. The van der Waals surface area contributed by atoms with Crippen LogP contribution < -0.4 is 0 Å². The van der Waals surface area contributed by atoms with Crippen molar-refractivity contribution in [2.24, 2.45) is 0 Å². The highest BCUT2D eigenvalue weighted by Crippen LogP contribution is 2.28. The molecule has 0 bridgehead atoms. The lowest BCUT2D eigenvalue weighted by molar-refractivity contribution is -0.249. The highest BCUT2D eigenvalue weighted by molar-refractivity contribution is 6.11. The van der Waals surface area contributed by atoms with E-state index in [0.29, 0.717) is 26.4 Å². The Hall–Kier alpha value is -0.135. The molecule has 0 aromatic carbocycles. The van der Waals surface area contributed by atoms with Crippen molar-refractivity contribution >= 4 is 7.85 Å². The van der Waals surface area contributed by atoms with Crippen molar-refractivity contribution < 1.29 is 23.7 Å². The largest absolute Gasteiger partial charge is 0.379 e. The highest BCUT2D eigenvalue weighted by atomic mass is 16.6. The minimum absolute atomic E-state index is 0.226. The van der Waals surface area contributed by atoms with E-state index in [9.17, 15) is 0 Å². The molecule has 0 aromatic heterocycles. The number of hydrogen-bond acceptors (Lipinski definition) is 5. The Balaban J connectivity index is 2.84. The van der Waals surface area contributed by atoms with Gasteiger partial charge in [-0.3, -0.25) is 0 Å². The van der Waals surface area contributed by atoms with E-state index in [1.54, 1.807) is 0 Å². The molecule has 1 saturated heterocycles. The standard InChI is InChI=1S/C22H43BO5/c1-5-9-13-24-17-18-19(25-14-10-6-2)20(26-15-11-7-3)21(22(23)28-18)27-16-12-8-4/h18-22H,5-17H2,1-4H3. The Kier molecular flexibility index (Phi) is 15.4. The highest BCUT2D eigenvalue weighted by Gasteiger charge is 2.46. The summed E-state index contributed by atoms with van der Waals surface area (Å²) in [5.41, 5.74) is 0. The smallest absolute Gasteiger partial charge is 0.115 e. The van der Waals surface area contributed by atoms with Gasteiger partial charge in [-0.1, -0.05) is 53.4 Å². The van der Waals surface area contributed by atoms with Crippen LogP contribution >= 0.6 is 0 Å². The van der Waals surface area contributed by atoms with Crippen LogP contribution in [0.3, 0.4) is 0 Å². The molecule has 1 rings (SSSR count). The molecule has 28 heavy (non-hydrogen) atoms. The van der Waals surface area contributed by atoms with Crippen molar-refractivity contribution in [3.63, 3.8) is 0 Å². The lowest BCUT2D eigenvalue weighted by Gasteiger charge is -2.45. The van der Waals surface area contributed by atoms with E-state index in [0.717, 1.165) is 58.0 Å². The first-order chi connectivity index (χ1) is 13.7. The van der Waals surface area contributed by atoms with Gasteiger partial charge in [0.2, 0.25) is 0 Å². The Morgan fingerprint density at radius 1 is 0.643 bits per heavy atom. The van der Waals surface area contributed by atoms with Gasteiger partial charge in [-0.25, -0.2) is 0 Å². The van der Waals surface area contributed by atoms with E-state index >= 15 is 0 Å². The zero-order valence-corrected chi connectivity index (χ0v) is 18.7. The van der Waals surface area contributed by atoms with Gasteiger partial charge in [-0.2, -0.15) is 0 Å². The normalized spacial score (nSPS) is 27.9. The molecule has 0 aromatic rings. The van der Waals surface area contributed by atoms with Crippen LogP contribution in [0.5, 0.6) is 0 Å². The summed E-state index contributed by atoms with van der Waals surface area (Å²) in [7, 11) is 6.36. The molecule has 0 amide bonds. The topological polar surface area (TPSA) is 46.2 Å². The zero-order valence-electron chi connectivity index (χ0n) is 18.7. The number of unbranched alkanes of at least 4 members (excludes halogenated alkanes) is 4. The Morgan fingerprint density at radius 3 is 1.64 bits per heavy atom. The summed E-state index contributed by atoms with van der Waals surface area (Å²) in [5, 5.41) is 0. The van der Waals surface area contributed by atoms with Gasteiger partial charge in [0.25, 0.3) is 0 Å². The predicted octanol–water partition coefficient (Wildman–Crippen LogP) is 4.25. The third-order valence-electron chi connectivity index (χ3n) is 5.02. The second kappa shape index (κ2) is 16.6. The van der Waals surface area contributed by atoms with E-state index < -0.39 is 6.00 Å². The molecular formula is C22H43BO5. The van der Waals surface area contributed by atoms with Crippen LogP contribution in [-0.2, 0) is 23.7 Å². The summed E-state index contributed by atoms with van der Waals surface area (Å²) in [6.07, 6.45) is 7.40. The van der Waals surface area contributed by atoms with Crippen molar-refractivity contribution in [1.82, 2.24) is 0 Å². The van der Waals surface area contributed by atoms with Crippen LogP contribution in [0.2, 0.25) is 0 Å². The van der Waals surface area contributed by atoms with Crippen LogP contribution in [-0.4, -0.2) is 71.3 Å². The van der Waals surface area contributed by atoms with Crippen LogP contribution in [0.25, 0.3) is 0 Å². The Bertz CT molecular complexity index is 358. The molecule has 0 aliphatic carbocycles. The average molecular weight is 398 g/mol. The van der Waals surface area contributed by atoms with Crippen molar-refractivity contribution in [1.29, 1.82) is 0 Å². The molecule has 1 aliphatic rings. The molecule has 1 fully saturated rings. The molecule has 0 N–H and O–H groups in total. The van der Waals surface area contributed by atoms with Crippen LogP contribution in [0.1, 0.15) is 79.1 Å². The fourth-order valence-corrected chi connectivity index (χ4v) is 3.19. The average Bonchev–Trinajstić information content (AvgIpc) is 2.69. The molecule has 1 aliphatic heterocycles. The van der Waals surface area contributed by atoms with E-state index in [2.05, 4.69) is 27.7 Å². The van der Waals surface area contributed by atoms with E-state index in [1.807, 2.05) is 0 Å². The maximum atomic E-state index is 6.36. The molecule has 5 nitrogen and oxygen atoms in total. The molecule has 1 heterocycles. The van der Waals surface area contributed by atoms with Gasteiger partial charge in [-0.15, -0.1) is 0 Å². The summed E-state index contributed by atoms with van der Waals surface area (Å²) in [5.74, 6) is 0. The summed E-state index contributed by atoms with van der Waals surface area (Å²) in [6.45, 7) is 11.8. The number of ether oxygens (including phenoxy) is 5. The molecule has 0 spiro atoms. The zero-order chi connectivity index (χ0) is 20.6. The molecule has 5 unspecified atom stereocenters. The van der Waals surface area contributed by atoms with Gasteiger partial charge in [0.05, 0.1) is 6.61 Å². The minimum Gasteiger partial charge on any atom is -0.379 e. The van der Waals surface area contributed by atoms with E-state index in [4.69, 9.17) is 31.5 Å². The maximum Gasteiger partial charge on any atom is 0.115 e. The van der Waals surface area contributed by atoms with Gasteiger partial charge in [-0.05, 0) is 25.7 Å². The summed E-state index contributed by atoms with van der Waals surface area (Å²) in [6, 6.07) is -0.533. The molecular weight excluding hydrogens is 355 g/mol. The van der Waals surface area contributed by atoms with Gasteiger partial charge >= 0.3 is 0 Å². The fraction of sp³-hybridized carbons (Fsp3) is 1.00. The maximum absolute atomic E-state index is 6.36. The first kappa shape index (κ1) is 25.9. The summed E-state index contributed by atoms with van der Waals surface area (Å²) >= 11 is 0. The Labute approximate surface area is 174 Å². The molecule has 2 radical (unpaired) electrons. The van der Waals surface area contributed by atoms with Crippen LogP contribution in [0.4, 0.5) is 0 Å².